The largest absolute Gasteiger partial charge is 0.480 e. The van der Waals surface area contributed by atoms with Crippen molar-refractivity contribution in [3.63, 3.8) is 0 Å². The molecule has 1 aliphatic rings. The zero-order valence-electron chi connectivity index (χ0n) is 25.2. The normalized spacial score (nSPS) is 20.9. The molecule has 8 nitrogen and oxygen atoms in total. The lowest BCUT2D eigenvalue weighted by Gasteiger charge is -2.36. The molecule has 46 heavy (non-hydrogen) atoms. The van der Waals surface area contributed by atoms with Crippen molar-refractivity contribution >= 4 is 17.9 Å². The molecule has 1 N–H and O–H groups in total. The van der Waals surface area contributed by atoms with E-state index in [-0.39, 0.29) is 12.0 Å². The first-order valence-electron chi connectivity index (χ1n) is 13.7. The van der Waals surface area contributed by atoms with Crippen LogP contribution >= 0.6 is 0 Å². The molecule has 0 unspecified atom stereocenters. The number of aliphatic carboxylic acids is 1. The Balaban J connectivity index is 2.02. The van der Waals surface area contributed by atoms with E-state index >= 15 is 0 Å². The minimum absolute atomic E-state index is 0.120. The van der Waals surface area contributed by atoms with Crippen molar-refractivity contribution < 1.29 is 64.8 Å². The van der Waals surface area contributed by atoms with Gasteiger partial charge in [0.15, 0.2) is 0 Å². The van der Waals surface area contributed by atoms with Crippen molar-refractivity contribution in [1.82, 2.24) is 0 Å². The van der Waals surface area contributed by atoms with E-state index in [0.29, 0.717) is 19.8 Å². The monoisotopic (exact) mass is 658 g/mol. The van der Waals surface area contributed by atoms with Crippen LogP contribution in [-0.2, 0) is 44.5 Å². The number of alkyl halides is 6. The highest BCUT2D eigenvalue weighted by Crippen LogP contribution is 2.48. The molecule has 0 saturated heterocycles. The van der Waals surface area contributed by atoms with Crippen LogP contribution in [0.15, 0.2) is 84.0 Å². The summed E-state index contributed by atoms with van der Waals surface area (Å²) in [6.45, 7) is 2.33. The maximum absolute atomic E-state index is 14.5. The van der Waals surface area contributed by atoms with Gasteiger partial charge in [-0.15, -0.1) is 0 Å². The fraction of sp³-hybridized carbons (Fsp3) is 0.406. The third kappa shape index (κ3) is 6.54. The molecule has 1 aliphatic carbocycles. The Kier molecular flexibility index (Phi) is 10.8. The zero-order valence-corrected chi connectivity index (χ0v) is 25.2. The highest BCUT2D eigenvalue weighted by Gasteiger charge is 2.66. The van der Waals surface area contributed by atoms with Gasteiger partial charge in [0.25, 0.3) is 11.2 Å². The first-order valence-corrected chi connectivity index (χ1v) is 13.7. The van der Waals surface area contributed by atoms with E-state index in [0.717, 1.165) is 30.3 Å². The first-order chi connectivity index (χ1) is 21.4. The van der Waals surface area contributed by atoms with E-state index in [1.807, 2.05) is 0 Å². The number of benzene rings is 2. The van der Waals surface area contributed by atoms with Crippen LogP contribution in [0.1, 0.15) is 37.8 Å². The summed E-state index contributed by atoms with van der Waals surface area (Å²) in [6, 6.07) is 11.8. The third-order valence-electron chi connectivity index (χ3n) is 7.71. The maximum Gasteiger partial charge on any atom is 0.432 e. The molecule has 0 spiro atoms. The number of carboxylic acids is 1. The van der Waals surface area contributed by atoms with Gasteiger partial charge < -0.3 is 24.1 Å². The minimum Gasteiger partial charge on any atom is -0.480 e. The number of hydrogen-bond donors (Lipinski definition) is 1. The van der Waals surface area contributed by atoms with Crippen molar-refractivity contribution in [3.8, 4) is 0 Å². The highest BCUT2D eigenvalue weighted by molar-refractivity contribution is 5.85. The van der Waals surface area contributed by atoms with Gasteiger partial charge in [-0.2, -0.15) is 26.3 Å². The molecular weight excluding hydrogens is 626 g/mol. The molecule has 3 rings (SSSR count). The van der Waals surface area contributed by atoms with Gasteiger partial charge >= 0.3 is 30.3 Å². The van der Waals surface area contributed by atoms with E-state index in [1.165, 1.54) is 42.5 Å². The molecule has 0 saturated carbocycles. The lowest BCUT2D eigenvalue weighted by atomic mass is 9.80. The quantitative estimate of drug-likeness (QED) is 0.159. The summed E-state index contributed by atoms with van der Waals surface area (Å²) in [5, 5.41) is 10.3. The van der Waals surface area contributed by atoms with Gasteiger partial charge in [-0.3, -0.25) is 4.79 Å². The summed E-state index contributed by atoms with van der Waals surface area (Å²) in [7, 11) is 1.30. The molecule has 2 aromatic carbocycles. The average molecular weight is 659 g/mol. The lowest BCUT2D eigenvalue weighted by Crippen LogP contribution is -2.54. The Morgan fingerprint density at radius 1 is 0.826 bits per heavy atom. The van der Waals surface area contributed by atoms with Crippen molar-refractivity contribution in [3.05, 3.63) is 95.1 Å². The van der Waals surface area contributed by atoms with Gasteiger partial charge in [0.1, 0.15) is 18.1 Å². The number of rotatable bonds is 12. The van der Waals surface area contributed by atoms with Crippen LogP contribution in [-0.4, -0.2) is 62.3 Å². The molecule has 0 radical (unpaired) electrons. The first kappa shape index (κ1) is 36.3. The third-order valence-corrected chi connectivity index (χ3v) is 7.71. The van der Waals surface area contributed by atoms with Gasteiger partial charge in [-0.05, 0) is 25.8 Å². The smallest absolute Gasteiger partial charge is 0.432 e. The summed E-state index contributed by atoms with van der Waals surface area (Å²) < 4.78 is 106. The van der Waals surface area contributed by atoms with Crippen LogP contribution in [0.4, 0.5) is 26.3 Å². The second kappa shape index (κ2) is 13.7. The summed E-state index contributed by atoms with van der Waals surface area (Å²) in [5.74, 6) is -5.45. The van der Waals surface area contributed by atoms with Crippen LogP contribution < -0.4 is 0 Å². The van der Waals surface area contributed by atoms with Crippen molar-refractivity contribution in [2.24, 2.45) is 5.41 Å². The van der Waals surface area contributed by atoms with E-state index in [1.54, 1.807) is 13.8 Å². The molecular formula is C32H32F6O8. The van der Waals surface area contributed by atoms with Crippen LogP contribution in [0.25, 0.3) is 0 Å². The van der Waals surface area contributed by atoms with E-state index < -0.39 is 77.1 Å². The number of carboxylic acid groups (broad SMARTS) is 1. The predicted molar refractivity (Wildman–Crippen MR) is 150 cm³/mol. The van der Waals surface area contributed by atoms with Gasteiger partial charge in [0.05, 0.1) is 0 Å². The lowest BCUT2D eigenvalue weighted by molar-refractivity contribution is -0.279. The fourth-order valence-electron chi connectivity index (χ4n) is 5.28. The number of halogens is 6. The van der Waals surface area contributed by atoms with E-state index in [2.05, 4.69) is 0 Å². The maximum atomic E-state index is 14.5. The molecule has 0 heterocycles. The second-order valence-electron chi connectivity index (χ2n) is 10.8. The Morgan fingerprint density at radius 2 is 1.28 bits per heavy atom. The van der Waals surface area contributed by atoms with Crippen molar-refractivity contribution in [1.29, 1.82) is 0 Å². The van der Waals surface area contributed by atoms with Gasteiger partial charge in [0.2, 0.25) is 0 Å². The van der Waals surface area contributed by atoms with Crippen LogP contribution in [0.5, 0.6) is 0 Å². The highest BCUT2D eigenvalue weighted by atomic mass is 19.4. The molecule has 0 amide bonds. The Morgan fingerprint density at radius 3 is 1.67 bits per heavy atom. The average Bonchev–Trinajstić information content (AvgIpc) is 3.34. The van der Waals surface area contributed by atoms with E-state index in [9.17, 15) is 45.8 Å². The van der Waals surface area contributed by atoms with Gasteiger partial charge in [0, 0.05) is 31.8 Å². The van der Waals surface area contributed by atoms with Crippen molar-refractivity contribution in [2.45, 2.75) is 56.3 Å². The number of allylic oxidation sites excluding steroid dienone is 2. The van der Waals surface area contributed by atoms with Crippen LogP contribution in [0.2, 0.25) is 0 Å². The number of carbonyl (C=O) groups excluding carboxylic acids is 2. The number of esters is 2. The Labute approximate surface area is 260 Å². The molecule has 2 aromatic rings. The molecule has 4 atom stereocenters. The minimum atomic E-state index is -5.37. The molecule has 0 fully saturated rings. The SMILES string of the molecule is CO[C@](C(=O)OCC1=C[C@@](CC=C(C)C)(C(=O)O)[C@H](OC(=O)[C@@](OC)(c2ccccc2)C(F)(F)F)C1)(c1ccccc1)C(F)(F)F. The summed E-state index contributed by atoms with van der Waals surface area (Å²) in [5.41, 5.74) is -10.1. The standard InChI is InChI=1S/C32H32F6O8/c1-20(2)15-16-28(25(39)40)18-21(19-45-26(41)29(43-3,31(33,34)35)22-11-7-5-8-12-22)17-24(28)46-27(42)30(44-4,32(36,37)38)23-13-9-6-10-14-23/h5-15,18,24H,16-17,19H2,1-4H3,(H,39,40)/t24-,28-,29+,30+/m1/s1. The Hall–Kier alpha value is -4.17. The number of carbonyl (C=O) groups is 3. The summed E-state index contributed by atoms with van der Waals surface area (Å²) in [4.78, 5) is 39.2. The molecule has 0 aromatic heterocycles. The molecule has 250 valence electrons. The second-order valence-corrected chi connectivity index (χ2v) is 10.8. The summed E-state index contributed by atoms with van der Waals surface area (Å²) >= 11 is 0. The predicted octanol–water partition coefficient (Wildman–Crippen LogP) is 6.41. The number of ether oxygens (including phenoxy) is 4. The van der Waals surface area contributed by atoms with Crippen LogP contribution in [0, 0.1) is 5.41 Å². The van der Waals surface area contributed by atoms with Gasteiger partial charge in [-0.1, -0.05) is 78.4 Å². The molecule has 0 aliphatic heterocycles. The van der Waals surface area contributed by atoms with E-state index in [4.69, 9.17) is 18.9 Å². The Bertz CT molecular complexity index is 1470. The molecule has 0 bridgehead atoms. The topological polar surface area (TPSA) is 108 Å². The van der Waals surface area contributed by atoms with Crippen LogP contribution in [0.3, 0.4) is 0 Å². The van der Waals surface area contributed by atoms with Gasteiger partial charge in [-0.25, -0.2) is 9.59 Å². The molecule has 14 heteroatoms. The number of hydrogen-bond acceptors (Lipinski definition) is 7. The summed E-state index contributed by atoms with van der Waals surface area (Å²) in [6.07, 6.45) is -11.0. The fourth-order valence-corrected chi connectivity index (χ4v) is 5.28. The van der Waals surface area contributed by atoms with Crippen molar-refractivity contribution in [2.75, 3.05) is 20.8 Å². The zero-order chi connectivity index (χ0) is 34.6. The number of methoxy groups -OCH3 is 2.